The minimum atomic E-state index is -3.72. The Morgan fingerprint density at radius 1 is 1.15 bits per heavy atom. The first-order chi connectivity index (χ1) is 19.2. The van der Waals surface area contributed by atoms with Crippen molar-refractivity contribution in [2.45, 2.75) is 11.8 Å². The van der Waals surface area contributed by atoms with E-state index >= 15 is 0 Å². The van der Waals surface area contributed by atoms with Crippen LogP contribution in [-0.4, -0.2) is 67.3 Å². The van der Waals surface area contributed by atoms with Gasteiger partial charge in [-0.25, -0.2) is 13.2 Å². The summed E-state index contributed by atoms with van der Waals surface area (Å²) in [5, 5.41) is 9.37. The fourth-order valence-electron chi connectivity index (χ4n) is 4.16. The SMILES string of the molecule is CCOC(=O)c1nn(-c2cccc(Cl)c2)c(=O)c2c(NC(=O)c3ccc(S(=O)(=O)N4CCOCC4)cc3)scc12. The molecule has 11 nitrogen and oxygen atoms in total. The second kappa shape index (κ2) is 11.5. The molecule has 3 heterocycles. The second-order valence-corrected chi connectivity index (χ2v) is 11.9. The molecule has 0 spiro atoms. The average Bonchev–Trinajstić information content (AvgIpc) is 3.38. The molecule has 0 unspecified atom stereocenters. The summed E-state index contributed by atoms with van der Waals surface area (Å²) in [6.07, 6.45) is 0. The number of fused-ring (bicyclic) bond motifs is 1. The number of carbonyl (C=O) groups is 2. The molecule has 1 aliphatic rings. The zero-order valence-corrected chi connectivity index (χ0v) is 23.5. The first-order valence-electron chi connectivity index (χ1n) is 12.2. The number of amides is 1. The van der Waals surface area contributed by atoms with Crippen LogP contribution in [0.5, 0.6) is 0 Å². The van der Waals surface area contributed by atoms with Gasteiger partial charge in [0, 0.05) is 34.4 Å². The van der Waals surface area contributed by atoms with Crippen molar-refractivity contribution in [3.8, 4) is 5.69 Å². The van der Waals surface area contributed by atoms with Crippen LogP contribution < -0.4 is 10.9 Å². The average molecular weight is 603 g/mol. The Kier molecular flexibility index (Phi) is 8.01. The number of hydrogen-bond donors (Lipinski definition) is 1. The lowest BCUT2D eigenvalue weighted by molar-refractivity contribution is 0.0519. The highest BCUT2D eigenvalue weighted by Crippen LogP contribution is 2.31. The number of nitrogens with one attached hydrogen (secondary N) is 1. The van der Waals surface area contributed by atoms with E-state index in [-0.39, 0.29) is 51.6 Å². The van der Waals surface area contributed by atoms with Crippen molar-refractivity contribution in [3.05, 3.63) is 80.5 Å². The van der Waals surface area contributed by atoms with Crippen molar-refractivity contribution < 1.29 is 27.5 Å². The highest BCUT2D eigenvalue weighted by atomic mass is 35.5. The summed E-state index contributed by atoms with van der Waals surface area (Å²) in [6, 6.07) is 11.9. The van der Waals surface area contributed by atoms with Gasteiger partial charge in [0.05, 0.1) is 35.8 Å². The number of nitrogens with zero attached hydrogens (tertiary/aromatic N) is 3. The van der Waals surface area contributed by atoms with Crippen LogP contribution in [0.25, 0.3) is 16.5 Å². The molecule has 2 aromatic heterocycles. The van der Waals surface area contributed by atoms with E-state index in [4.69, 9.17) is 21.1 Å². The molecule has 0 atom stereocenters. The van der Waals surface area contributed by atoms with Gasteiger partial charge in [0.2, 0.25) is 10.0 Å². The van der Waals surface area contributed by atoms with Gasteiger partial charge < -0.3 is 14.8 Å². The maximum absolute atomic E-state index is 13.6. The summed E-state index contributed by atoms with van der Waals surface area (Å²) in [5.74, 6) is -1.29. The summed E-state index contributed by atoms with van der Waals surface area (Å²) in [6.45, 7) is 2.90. The molecule has 208 valence electrons. The van der Waals surface area contributed by atoms with E-state index in [0.29, 0.717) is 23.9 Å². The molecule has 14 heteroatoms. The number of thiophene rings is 1. The van der Waals surface area contributed by atoms with Crippen molar-refractivity contribution in [1.82, 2.24) is 14.1 Å². The van der Waals surface area contributed by atoms with Crippen LogP contribution in [0.4, 0.5) is 5.00 Å². The first kappa shape index (κ1) is 27.9. The van der Waals surface area contributed by atoms with Gasteiger partial charge in [-0.1, -0.05) is 17.7 Å². The Hall–Kier alpha value is -3.62. The van der Waals surface area contributed by atoms with Gasteiger partial charge in [-0.2, -0.15) is 14.1 Å². The molecule has 1 aliphatic heterocycles. The molecule has 5 rings (SSSR count). The smallest absolute Gasteiger partial charge is 0.359 e. The van der Waals surface area contributed by atoms with Crippen LogP contribution in [-0.2, 0) is 19.5 Å². The lowest BCUT2D eigenvalue weighted by atomic mass is 10.2. The molecule has 1 saturated heterocycles. The van der Waals surface area contributed by atoms with E-state index in [1.165, 1.54) is 34.6 Å². The van der Waals surface area contributed by atoms with Gasteiger partial charge in [-0.3, -0.25) is 9.59 Å². The number of halogens is 1. The van der Waals surface area contributed by atoms with Crippen molar-refractivity contribution in [1.29, 1.82) is 0 Å². The monoisotopic (exact) mass is 602 g/mol. The summed E-state index contributed by atoms with van der Waals surface area (Å²) in [7, 11) is -3.72. The van der Waals surface area contributed by atoms with Gasteiger partial charge >= 0.3 is 5.97 Å². The highest BCUT2D eigenvalue weighted by Gasteiger charge is 2.27. The molecular weight excluding hydrogens is 580 g/mol. The molecule has 2 aromatic carbocycles. The molecule has 1 amide bonds. The largest absolute Gasteiger partial charge is 0.461 e. The second-order valence-electron chi connectivity index (χ2n) is 8.61. The predicted molar refractivity (Wildman–Crippen MR) is 150 cm³/mol. The number of carbonyl (C=O) groups excluding carboxylic acids is 2. The minimum absolute atomic E-state index is 0.0575. The van der Waals surface area contributed by atoms with Gasteiger partial charge in [0.25, 0.3) is 11.5 Å². The Morgan fingerprint density at radius 2 is 1.88 bits per heavy atom. The van der Waals surface area contributed by atoms with E-state index in [9.17, 15) is 22.8 Å². The number of aromatic nitrogens is 2. The van der Waals surface area contributed by atoms with E-state index < -0.39 is 27.5 Å². The van der Waals surface area contributed by atoms with Gasteiger partial charge in [0.1, 0.15) is 5.00 Å². The molecule has 1 N–H and O–H groups in total. The standard InChI is InChI=1S/C26H23ClN4O7S2/c1-2-38-26(34)22-20-15-39-24(21(20)25(33)31(29-22)18-5-3-4-17(27)14-18)28-23(32)16-6-8-19(9-7-16)40(35,36)30-10-12-37-13-11-30/h3-9,14-15H,2,10-13H2,1H3,(H,28,32). The molecule has 40 heavy (non-hydrogen) atoms. The van der Waals surface area contributed by atoms with Gasteiger partial charge in [0.15, 0.2) is 5.69 Å². The molecular formula is C26H23ClN4O7S2. The van der Waals surface area contributed by atoms with Crippen LogP contribution >= 0.6 is 22.9 Å². The van der Waals surface area contributed by atoms with Gasteiger partial charge in [-0.15, -0.1) is 11.3 Å². The maximum atomic E-state index is 13.6. The van der Waals surface area contributed by atoms with Crippen LogP contribution in [0.1, 0.15) is 27.8 Å². The van der Waals surface area contributed by atoms with Crippen LogP contribution in [0.15, 0.2) is 63.6 Å². The van der Waals surface area contributed by atoms with E-state index in [0.717, 1.165) is 16.0 Å². The topological polar surface area (TPSA) is 137 Å². The number of esters is 1. The molecule has 1 fully saturated rings. The fraction of sp³-hybridized carbons (Fsp3) is 0.231. The Bertz CT molecular complexity index is 1760. The summed E-state index contributed by atoms with van der Waals surface area (Å²) in [5.41, 5.74) is -0.164. The zero-order valence-electron chi connectivity index (χ0n) is 21.1. The first-order valence-corrected chi connectivity index (χ1v) is 14.9. The van der Waals surface area contributed by atoms with E-state index in [1.807, 2.05) is 0 Å². The Balaban J connectivity index is 1.50. The Labute approximate surface area is 237 Å². The third-order valence-corrected chi connectivity index (χ3v) is 9.17. The van der Waals surface area contributed by atoms with Crippen molar-refractivity contribution in [3.63, 3.8) is 0 Å². The summed E-state index contributed by atoms with van der Waals surface area (Å²) in [4.78, 5) is 39.5. The third-order valence-electron chi connectivity index (χ3n) is 6.13. The number of morpholine rings is 1. The quantitative estimate of drug-likeness (QED) is 0.317. The predicted octanol–water partition coefficient (Wildman–Crippen LogP) is 3.55. The zero-order chi connectivity index (χ0) is 28.4. The van der Waals surface area contributed by atoms with Crippen LogP contribution in [0.2, 0.25) is 5.02 Å². The van der Waals surface area contributed by atoms with E-state index in [2.05, 4.69) is 10.4 Å². The molecule has 0 bridgehead atoms. The third kappa shape index (κ3) is 5.38. The van der Waals surface area contributed by atoms with Crippen LogP contribution in [0, 0.1) is 0 Å². The Morgan fingerprint density at radius 3 is 2.55 bits per heavy atom. The van der Waals surface area contributed by atoms with Crippen molar-refractivity contribution in [2.24, 2.45) is 0 Å². The van der Waals surface area contributed by atoms with Gasteiger partial charge in [-0.05, 0) is 49.4 Å². The number of ether oxygens (including phenoxy) is 2. The van der Waals surface area contributed by atoms with E-state index in [1.54, 1.807) is 30.5 Å². The fourth-order valence-corrected chi connectivity index (χ4v) is 6.69. The highest BCUT2D eigenvalue weighted by molar-refractivity contribution is 7.89. The number of anilines is 1. The van der Waals surface area contributed by atoms with Crippen molar-refractivity contribution >= 4 is 60.6 Å². The molecule has 0 saturated carbocycles. The lowest BCUT2D eigenvalue weighted by Crippen LogP contribution is -2.40. The molecule has 0 radical (unpaired) electrons. The molecule has 4 aromatic rings. The molecule has 0 aliphatic carbocycles. The summed E-state index contributed by atoms with van der Waals surface area (Å²) < 4.78 is 38.5. The minimum Gasteiger partial charge on any atom is -0.461 e. The van der Waals surface area contributed by atoms with Crippen molar-refractivity contribution in [2.75, 3.05) is 38.2 Å². The summed E-state index contributed by atoms with van der Waals surface area (Å²) >= 11 is 7.16. The number of sulfonamides is 1. The maximum Gasteiger partial charge on any atom is 0.359 e. The van der Waals surface area contributed by atoms with Crippen LogP contribution in [0.3, 0.4) is 0 Å². The normalized spacial score (nSPS) is 14.2. The number of hydrogen-bond acceptors (Lipinski definition) is 9. The lowest BCUT2D eigenvalue weighted by Gasteiger charge is -2.26. The number of rotatable bonds is 7. The number of benzene rings is 2.